The smallest absolute Gasteiger partial charge is 0.243 e. The Morgan fingerprint density at radius 2 is 2.19 bits per heavy atom. The second-order valence-corrected chi connectivity index (χ2v) is 4.88. The van der Waals surface area contributed by atoms with Crippen LogP contribution in [0, 0.1) is 6.92 Å². The van der Waals surface area contributed by atoms with E-state index in [1.54, 1.807) is 7.11 Å². The molecule has 1 heterocycles. The second kappa shape index (κ2) is 6.94. The molecule has 2 aromatic rings. The lowest BCUT2D eigenvalue weighted by atomic mass is 10.1. The molecule has 0 aliphatic rings. The number of benzene rings is 1. The van der Waals surface area contributed by atoms with Crippen LogP contribution < -0.4 is 5.32 Å². The predicted octanol–water partition coefficient (Wildman–Crippen LogP) is 0.800. The molecule has 0 bridgehead atoms. The molecule has 1 N–H and O–H groups in total. The highest BCUT2D eigenvalue weighted by molar-refractivity contribution is 5.75. The number of tetrazole rings is 1. The third kappa shape index (κ3) is 4.09. The zero-order valence-electron chi connectivity index (χ0n) is 12.4. The number of carbonyl (C=O) groups excluding carboxylic acids is 1. The predicted molar refractivity (Wildman–Crippen MR) is 77.5 cm³/mol. The largest absolute Gasteiger partial charge is 0.383 e. The Morgan fingerprint density at radius 1 is 1.43 bits per heavy atom. The molecule has 0 fully saturated rings. The Morgan fingerprint density at radius 3 is 2.90 bits per heavy atom. The fourth-order valence-corrected chi connectivity index (χ4v) is 1.98. The first-order chi connectivity index (χ1) is 10.1. The van der Waals surface area contributed by atoms with E-state index in [-0.39, 0.29) is 18.5 Å². The van der Waals surface area contributed by atoms with Crippen LogP contribution in [-0.4, -0.2) is 45.9 Å². The zero-order chi connectivity index (χ0) is 15.2. The highest BCUT2D eigenvalue weighted by Gasteiger charge is 2.12. The summed E-state index contributed by atoms with van der Waals surface area (Å²) in [6.07, 6.45) is 0. The van der Waals surface area contributed by atoms with Crippen LogP contribution in [0.4, 0.5) is 0 Å². The van der Waals surface area contributed by atoms with Crippen LogP contribution in [-0.2, 0) is 16.1 Å². The van der Waals surface area contributed by atoms with Crippen LogP contribution in [0.2, 0.25) is 0 Å². The molecular weight excluding hydrogens is 270 g/mol. The lowest BCUT2D eigenvalue weighted by Gasteiger charge is -2.11. The molecule has 0 radical (unpaired) electrons. The summed E-state index contributed by atoms with van der Waals surface area (Å²) in [4.78, 5) is 13.1. The number of methoxy groups -OCH3 is 1. The molecule has 7 heteroatoms. The minimum Gasteiger partial charge on any atom is -0.383 e. The van der Waals surface area contributed by atoms with Gasteiger partial charge in [0.1, 0.15) is 6.54 Å². The first kappa shape index (κ1) is 15.1. The van der Waals surface area contributed by atoms with Gasteiger partial charge in [0.05, 0.1) is 6.61 Å². The maximum absolute atomic E-state index is 11.8. The first-order valence-electron chi connectivity index (χ1n) is 6.72. The number of carbonyl (C=O) groups is 1. The van der Waals surface area contributed by atoms with Crippen LogP contribution in [0.1, 0.15) is 12.5 Å². The normalized spacial score (nSPS) is 12.1. The van der Waals surface area contributed by atoms with E-state index in [9.17, 15) is 4.79 Å². The molecule has 7 nitrogen and oxygen atoms in total. The summed E-state index contributed by atoms with van der Waals surface area (Å²) in [5, 5.41) is 14.9. The van der Waals surface area contributed by atoms with Gasteiger partial charge in [-0.05, 0) is 24.6 Å². The average Bonchev–Trinajstić information content (AvgIpc) is 2.87. The van der Waals surface area contributed by atoms with Crippen LogP contribution in [0.25, 0.3) is 11.4 Å². The van der Waals surface area contributed by atoms with E-state index in [2.05, 4.69) is 20.7 Å². The Bertz CT molecular complexity index is 611. The summed E-state index contributed by atoms with van der Waals surface area (Å²) in [6.45, 7) is 4.35. The topological polar surface area (TPSA) is 81.9 Å². The van der Waals surface area contributed by atoms with Gasteiger partial charge in [-0.2, -0.15) is 4.80 Å². The molecule has 0 unspecified atom stereocenters. The molecular formula is C14H19N5O2. The number of ether oxygens (including phenoxy) is 1. The third-order valence-electron chi connectivity index (χ3n) is 2.95. The van der Waals surface area contributed by atoms with Crippen molar-refractivity contribution in [2.45, 2.75) is 26.4 Å². The summed E-state index contributed by atoms with van der Waals surface area (Å²) in [5.74, 6) is 0.346. The van der Waals surface area contributed by atoms with E-state index in [0.717, 1.165) is 11.1 Å². The number of nitrogens with one attached hydrogen (secondary N) is 1. The zero-order valence-corrected chi connectivity index (χ0v) is 12.4. The van der Waals surface area contributed by atoms with E-state index in [0.29, 0.717) is 12.4 Å². The lowest BCUT2D eigenvalue weighted by molar-refractivity contribution is -0.123. The standard InChI is InChI=1S/C14H19N5O2/c1-10-6-4-5-7-12(10)14-16-18-19(17-14)8-13(20)15-11(2)9-21-3/h4-7,11H,8-9H2,1-3H3,(H,15,20)/t11-/m0/s1. The quantitative estimate of drug-likeness (QED) is 0.850. The maximum Gasteiger partial charge on any atom is 0.243 e. The van der Waals surface area contributed by atoms with E-state index in [1.165, 1.54) is 4.80 Å². The molecule has 0 aliphatic carbocycles. The Hall–Kier alpha value is -2.28. The third-order valence-corrected chi connectivity index (χ3v) is 2.95. The number of aryl methyl sites for hydroxylation is 1. The average molecular weight is 289 g/mol. The van der Waals surface area contributed by atoms with Crippen LogP contribution in [0.15, 0.2) is 24.3 Å². The minimum absolute atomic E-state index is 0.0347. The van der Waals surface area contributed by atoms with E-state index >= 15 is 0 Å². The Kier molecular flexibility index (Phi) is 4.99. The summed E-state index contributed by atoms with van der Waals surface area (Å²) in [5.41, 5.74) is 1.98. The van der Waals surface area contributed by atoms with Crippen molar-refractivity contribution in [3.63, 3.8) is 0 Å². The van der Waals surface area contributed by atoms with Gasteiger partial charge in [-0.15, -0.1) is 10.2 Å². The van der Waals surface area contributed by atoms with Crippen molar-refractivity contribution in [3.8, 4) is 11.4 Å². The summed E-state index contributed by atoms with van der Waals surface area (Å²) in [6, 6.07) is 7.73. The van der Waals surface area contributed by atoms with Gasteiger partial charge in [-0.1, -0.05) is 24.3 Å². The van der Waals surface area contributed by atoms with Gasteiger partial charge in [0.2, 0.25) is 11.7 Å². The SMILES string of the molecule is COC[C@H](C)NC(=O)Cn1nnc(-c2ccccc2C)n1. The Labute approximate surface area is 123 Å². The number of hydrogen-bond acceptors (Lipinski definition) is 5. The van der Waals surface area contributed by atoms with Crippen molar-refractivity contribution >= 4 is 5.91 Å². The molecule has 0 spiro atoms. The van der Waals surface area contributed by atoms with E-state index in [4.69, 9.17) is 4.74 Å². The molecule has 1 atom stereocenters. The van der Waals surface area contributed by atoms with E-state index in [1.807, 2.05) is 38.1 Å². The summed E-state index contributed by atoms with van der Waals surface area (Å²) >= 11 is 0. The van der Waals surface area contributed by atoms with Gasteiger partial charge in [0, 0.05) is 18.7 Å². The van der Waals surface area contributed by atoms with Crippen LogP contribution >= 0.6 is 0 Å². The highest BCUT2D eigenvalue weighted by Crippen LogP contribution is 2.17. The molecule has 112 valence electrons. The minimum atomic E-state index is -0.173. The van der Waals surface area contributed by atoms with Gasteiger partial charge >= 0.3 is 0 Å². The Balaban J connectivity index is 2.01. The maximum atomic E-state index is 11.8. The fraction of sp³-hybridized carbons (Fsp3) is 0.429. The lowest BCUT2D eigenvalue weighted by Crippen LogP contribution is -2.38. The van der Waals surface area contributed by atoms with E-state index < -0.39 is 0 Å². The first-order valence-corrected chi connectivity index (χ1v) is 6.72. The molecule has 0 saturated heterocycles. The van der Waals surface area contributed by atoms with Gasteiger partial charge in [0.25, 0.3) is 0 Å². The van der Waals surface area contributed by atoms with Gasteiger partial charge < -0.3 is 10.1 Å². The molecule has 1 aromatic carbocycles. The van der Waals surface area contributed by atoms with Crippen LogP contribution in [0.3, 0.4) is 0 Å². The number of nitrogens with zero attached hydrogens (tertiary/aromatic N) is 4. The van der Waals surface area contributed by atoms with Crippen molar-refractivity contribution < 1.29 is 9.53 Å². The molecule has 0 aliphatic heterocycles. The molecule has 0 saturated carbocycles. The number of amides is 1. The summed E-state index contributed by atoms with van der Waals surface area (Å²) < 4.78 is 4.96. The number of rotatable bonds is 6. The van der Waals surface area contributed by atoms with Crippen molar-refractivity contribution in [3.05, 3.63) is 29.8 Å². The molecule has 2 rings (SSSR count). The monoisotopic (exact) mass is 289 g/mol. The van der Waals surface area contributed by atoms with Crippen molar-refractivity contribution in [2.75, 3.05) is 13.7 Å². The molecule has 1 aromatic heterocycles. The van der Waals surface area contributed by atoms with Gasteiger partial charge in [0.15, 0.2) is 0 Å². The fourth-order valence-electron chi connectivity index (χ4n) is 1.98. The van der Waals surface area contributed by atoms with Crippen LogP contribution in [0.5, 0.6) is 0 Å². The molecule has 1 amide bonds. The van der Waals surface area contributed by atoms with Crippen molar-refractivity contribution in [1.82, 2.24) is 25.5 Å². The van der Waals surface area contributed by atoms with Gasteiger partial charge in [-0.25, -0.2) is 0 Å². The molecule has 21 heavy (non-hydrogen) atoms. The number of hydrogen-bond donors (Lipinski definition) is 1. The second-order valence-electron chi connectivity index (χ2n) is 4.88. The highest BCUT2D eigenvalue weighted by atomic mass is 16.5. The van der Waals surface area contributed by atoms with Crippen molar-refractivity contribution in [1.29, 1.82) is 0 Å². The summed E-state index contributed by atoms with van der Waals surface area (Å²) in [7, 11) is 1.59. The number of aromatic nitrogens is 4. The van der Waals surface area contributed by atoms with Crippen molar-refractivity contribution in [2.24, 2.45) is 0 Å². The van der Waals surface area contributed by atoms with Gasteiger partial charge in [-0.3, -0.25) is 4.79 Å².